The van der Waals surface area contributed by atoms with Gasteiger partial charge >= 0.3 is 6.18 Å². The molecule has 5 heteroatoms. The van der Waals surface area contributed by atoms with Crippen molar-refractivity contribution < 1.29 is 13.2 Å². The van der Waals surface area contributed by atoms with Gasteiger partial charge in [-0.15, -0.1) is 0 Å². The molecule has 104 valence electrons. The van der Waals surface area contributed by atoms with Crippen LogP contribution < -0.4 is 5.32 Å². The van der Waals surface area contributed by atoms with E-state index in [0.29, 0.717) is 12.5 Å². The molecule has 1 nitrogen and oxygen atoms in total. The van der Waals surface area contributed by atoms with Crippen LogP contribution in [0.2, 0.25) is 5.02 Å². The second-order valence-electron chi connectivity index (χ2n) is 4.69. The number of anilines is 1. The first-order valence-electron chi connectivity index (χ1n) is 6.23. The fraction of sp³-hybridized carbons (Fsp3) is 0.429. The van der Waals surface area contributed by atoms with Crippen molar-refractivity contribution >= 4 is 17.3 Å². The van der Waals surface area contributed by atoms with Gasteiger partial charge in [0.15, 0.2) is 0 Å². The topological polar surface area (TPSA) is 12.0 Å². The molecular weight excluding hydrogens is 275 g/mol. The van der Waals surface area contributed by atoms with E-state index in [1.807, 2.05) is 0 Å². The lowest BCUT2D eigenvalue weighted by Crippen LogP contribution is -2.18. The summed E-state index contributed by atoms with van der Waals surface area (Å²) in [6, 6.07) is 3.84. The van der Waals surface area contributed by atoms with Gasteiger partial charge in [-0.1, -0.05) is 29.8 Å². The average molecular weight is 290 g/mol. The van der Waals surface area contributed by atoms with Crippen molar-refractivity contribution in [2.45, 2.75) is 25.4 Å². The second kappa shape index (κ2) is 5.87. The minimum atomic E-state index is -4.39. The summed E-state index contributed by atoms with van der Waals surface area (Å²) < 4.78 is 38.7. The van der Waals surface area contributed by atoms with Crippen LogP contribution in [0.5, 0.6) is 0 Å². The summed E-state index contributed by atoms with van der Waals surface area (Å²) >= 11 is 5.88. The van der Waals surface area contributed by atoms with Crippen LogP contribution in [0.3, 0.4) is 0 Å². The molecule has 0 bridgehead atoms. The number of para-hydroxylation sites is 1. The molecule has 0 fully saturated rings. The second-order valence-corrected chi connectivity index (χ2v) is 5.10. The highest BCUT2D eigenvalue weighted by atomic mass is 35.5. The molecule has 19 heavy (non-hydrogen) atoms. The Morgan fingerprint density at radius 2 is 2.05 bits per heavy atom. The zero-order chi connectivity index (χ0) is 13.9. The molecule has 0 aliphatic heterocycles. The maximum absolute atomic E-state index is 12.9. The Hall–Kier alpha value is -1.16. The van der Waals surface area contributed by atoms with Gasteiger partial charge in [-0.3, -0.25) is 0 Å². The third-order valence-corrected chi connectivity index (χ3v) is 3.58. The van der Waals surface area contributed by atoms with E-state index in [4.69, 9.17) is 11.6 Å². The molecule has 0 radical (unpaired) electrons. The van der Waals surface area contributed by atoms with Crippen molar-refractivity contribution in [2.24, 2.45) is 5.92 Å². The Bertz CT molecular complexity index is 468. The van der Waals surface area contributed by atoms with Gasteiger partial charge in [0.2, 0.25) is 0 Å². The van der Waals surface area contributed by atoms with Crippen LogP contribution in [0.1, 0.15) is 24.8 Å². The molecule has 1 aliphatic carbocycles. The molecule has 1 aromatic rings. The monoisotopic (exact) mass is 289 g/mol. The predicted octanol–water partition coefficient (Wildman–Crippen LogP) is 5.13. The van der Waals surface area contributed by atoms with Crippen LogP contribution in [0.15, 0.2) is 30.4 Å². The minimum absolute atomic E-state index is 0.00813. The van der Waals surface area contributed by atoms with Gasteiger partial charge in [0.25, 0.3) is 0 Å². The van der Waals surface area contributed by atoms with Crippen molar-refractivity contribution in [3.63, 3.8) is 0 Å². The van der Waals surface area contributed by atoms with Gasteiger partial charge in [-0.2, -0.15) is 13.2 Å². The van der Waals surface area contributed by atoms with Gasteiger partial charge in [0, 0.05) is 6.54 Å². The maximum Gasteiger partial charge on any atom is 0.418 e. The summed E-state index contributed by atoms with van der Waals surface area (Å²) in [6.07, 6.45) is 2.68. The SMILES string of the molecule is FC(F)(F)c1cccc(Cl)c1NCC1CC=CCC1. The number of benzene rings is 1. The van der Waals surface area contributed by atoms with Crippen LogP contribution >= 0.6 is 11.6 Å². The van der Waals surface area contributed by atoms with Crippen LogP contribution in [0.25, 0.3) is 0 Å². The Morgan fingerprint density at radius 3 is 2.68 bits per heavy atom. The fourth-order valence-corrected chi connectivity index (χ4v) is 2.47. The summed E-state index contributed by atoms with van der Waals surface area (Å²) in [5, 5.41) is 2.98. The average Bonchev–Trinajstić information content (AvgIpc) is 2.37. The van der Waals surface area contributed by atoms with Gasteiger partial charge in [0.1, 0.15) is 0 Å². The van der Waals surface area contributed by atoms with Gasteiger partial charge < -0.3 is 5.32 Å². The van der Waals surface area contributed by atoms with E-state index < -0.39 is 11.7 Å². The van der Waals surface area contributed by atoms with E-state index in [1.165, 1.54) is 12.1 Å². The predicted molar refractivity (Wildman–Crippen MR) is 71.4 cm³/mol. The molecule has 1 unspecified atom stereocenters. The van der Waals surface area contributed by atoms with Crippen molar-refractivity contribution in [2.75, 3.05) is 11.9 Å². The number of nitrogens with one attached hydrogen (secondary N) is 1. The molecule has 1 atom stereocenters. The molecule has 0 aromatic heterocycles. The molecule has 0 spiro atoms. The fourth-order valence-electron chi connectivity index (χ4n) is 2.23. The summed E-state index contributed by atoms with van der Waals surface area (Å²) in [4.78, 5) is 0. The van der Waals surface area contributed by atoms with E-state index in [1.54, 1.807) is 0 Å². The summed E-state index contributed by atoms with van der Waals surface area (Å²) in [7, 11) is 0. The molecule has 1 aromatic carbocycles. The summed E-state index contributed by atoms with van der Waals surface area (Å²) in [5.74, 6) is 0.363. The Balaban J connectivity index is 2.12. The quantitative estimate of drug-likeness (QED) is 0.761. The minimum Gasteiger partial charge on any atom is -0.383 e. The molecule has 0 amide bonds. The number of hydrogen-bond donors (Lipinski definition) is 1. The van der Waals surface area contributed by atoms with E-state index >= 15 is 0 Å². The van der Waals surface area contributed by atoms with Crippen LogP contribution in [0, 0.1) is 5.92 Å². The molecule has 1 aliphatic rings. The highest BCUT2D eigenvalue weighted by molar-refractivity contribution is 6.33. The molecule has 0 saturated heterocycles. The molecule has 0 saturated carbocycles. The van der Waals surface area contributed by atoms with Gasteiger partial charge in [0.05, 0.1) is 16.3 Å². The third kappa shape index (κ3) is 3.66. The molecule has 1 N–H and O–H groups in total. The zero-order valence-corrected chi connectivity index (χ0v) is 11.1. The molecule has 0 heterocycles. The molecular formula is C14H15ClF3N. The largest absolute Gasteiger partial charge is 0.418 e. The Morgan fingerprint density at radius 1 is 1.26 bits per heavy atom. The lowest BCUT2D eigenvalue weighted by Gasteiger charge is -2.21. The van der Waals surface area contributed by atoms with Crippen molar-refractivity contribution in [1.29, 1.82) is 0 Å². The number of rotatable bonds is 3. The van der Waals surface area contributed by atoms with Gasteiger partial charge in [-0.05, 0) is 37.3 Å². The lowest BCUT2D eigenvalue weighted by atomic mass is 9.94. The Labute approximate surface area is 115 Å². The normalized spacial score (nSPS) is 19.5. The van der Waals surface area contributed by atoms with Crippen molar-refractivity contribution in [3.8, 4) is 0 Å². The number of hydrogen-bond acceptors (Lipinski definition) is 1. The van der Waals surface area contributed by atoms with Crippen LogP contribution in [-0.4, -0.2) is 6.54 Å². The Kier molecular flexibility index (Phi) is 4.40. The number of halogens is 4. The number of allylic oxidation sites excluding steroid dienone is 2. The van der Waals surface area contributed by atoms with Crippen molar-refractivity contribution in [3.05, 3.63) is 40.9 Å². The number of alkyl halides is 3. The summed E-state index contributed by atoms with van der Waals surface area (Å²) in [6.45, 7) is 0.511. The van der Waals surface area contributed by atoms with Crippen molar-refractivity contribution in [1.82, 2.24) is 0 Å². The smallest absolute Gasteiger partial charge is 0.383 e. The lowest BCUT2D eigenvalue weighted by molar-refractivity contribution is -0.136. The molecule has 2 rings (SSSR count). The van der Waals surface area contributed by atoms with E-state index in [2.05, 4.69) is 17.5 Å². The highest BCUT2D eigenvalue weighted by Gasteiger charge is 2.34. The van der Waals surface area contributed by atoms with E-state index in [-0.39, 0.29) is 10.7 Å². The first-order chi connectivity index (χ1) is 8.98. The third-order valence-electron chi connectivity index (χ3n) is 3.26. The van der Waals surface area contributed by atoms with Crippen LogP contribution in [0.4, 0.5) is 18.9 Å². The first kappa shape index (κ1) is 14.3. The highest BCUT2D eigenvalue weighted by Crippen LogP contribution is 2.38. The zero-order valence-electron chi connectivity index (χ0n) is 10.3. The van der Waals surface area contributed by atoms with E-state index in [0.717, 1.165) is 25.3 Å². The maximum atomic E-state index is 12.9. The standard InChI is InChI=1S/C14H15ClF3N/c15-12-8-4-7-11(14(16,17)18)13(12)19-9-10-5-2-1-3-6-10/h1-2,4,7-8,10,19H,3,5-6,9H2. The first-order valence-corrected chi connectivity index (χ1v) is 6.61. The van der Waals surface area contributed by atoms with E-state index in [9.17, 15) is 13.2 Å². The van der Waals surface area contributed by atoms with Gasteiger partial charge in [-0.25, -0.2) is 0 Å². The summed E-state index contributed by atoms with van der Waals surface area (Å²) in [5.41, 5.74) is -0.711. The van der Waals surface area contributed by atoms with Crippen LogP contribution in [-0.2, 0) is 6.18 Å².